The third kappa shape index (κ3) is 18.4. The lowest BCUT2D eigenvalue weighted by atomic mass is 9.78. The number of nitrogens with two attached hydrogens (primary N) is 9. The molecule has 0 saturated carbocycles. The van der Waals surface area contributed by atoms with E-state index in [1.54, 1.807) is 154 Å². The number of ether oxygens (including phenoxy) is 7. The van der Waals surface area contributed by atoms with E-state index in [2.05, 4.69) is 102 Å². The molecule has 60 nitrogen and oxygen atoms in total. The Morgan fingerprint density at radius 3 is 1.07 bits per heavy atom. The number of azide groups is 3. The van der Waals surface area contributed by atoms with Crippen LogP contribution in [-0.4, -0.2) is 339 Å². The minimum atomic E-state index is -1.66. The zero-order valence-corrected chi connectivity index (χ0v) is 80.9. The molecule has 0 unspecified atom stereocenters. The van der Waals surface area contributed by atoms with Gasteiger partial charge in [-0.3, -0.25) is 0 Å². The van der Waals surface area contributed by atoms with Gasteiger partial charge in [-0.25, -0.2) is 52.5 Å². The molecule has 0 bridgehead atoms. The van der Waals surface area contributed by atoms with Crippen LogP contribution in [0.1, 0.15) is 136 Å². The van der Waals surface area contributed by atoms with Crippen molar-refractivity contribution in [3.63, 3.8) is 0 Å². The van der Waals surface area contributed by atoms with E-state index in [-0.39, 0.29) is 33.0 Å². The summed E-state index contributed by atoms with van der Waals surface area (Å²) in [5.41, 5.74) is 81.7. The van der Waals surface area contributed by atoms with Gasteiger partial charge in [0.2, 0.25) is 5.60 Å². The molecule has 788 valence electrons. The zero-order chi connectivity index (χ0) is 107. The van der Waals surface area contributed by atoms with Crippen molar-refractivity contribution in [2.75, 3.05) is 74.9 Å². The van der Waals surface area contributed by atoms with Crippen LogP contribution in [0.3, 0.4) is 0 Å². The fraction of sp³-hybridized carbons (Fsp3) is 0.500. The van der Waals surface area contributed by atoms with E-state index < -0.39 is 180 Å². The molecule has 0 spiro atoms. The van der Waals surface area contributed by atoms with Crippen molar-refractivity contribution < 1.29 is 105 Å². The van der Waals surface area contributed by atoms with Crippen LogP contribution in [0.2, 0.25) is 0 Å². The Labute approximate surface area is 836 Å². The molecule has 0 radical (unpaired) electrons. The molecule has 7 saturated heterocycles. The third-order valence-electron chi connectivity index (χ3n) is 28.0. The van der Waals surface area contributed by atoms with Crippen molar-refractivity contribution in [3.8, 4) is 6.07 Å². The minimum Gasteiger partial charge on any atom is -0.397 e. The SMILES string of the molecule is C[C@@]1(N)[C@H](O)[C@@H](CO)O[C@@]1(C#N)c1ccc2c(N)ccnn12.C[C@@]1(N)[C@H](O)[C@@H](CO)O[C@H]1c1ccc2c(N)ccnn12.C[C@@]1(N)[C@H](O)[C@@H](CO)O[C@H]1c1cnn2c(N)ccnc12.C[C@@]1(N=[N+]=[N-])[C@H](O)[C@@H](CO)O[C@H]1c1ccc2c(N)ccnn12.C[C@@]1(N=[N+]=[N-])[C@H](O)[C@@H](CO)O[C@H]1c1cnn2c(N)ccnc12.Cc1ncnn2c([C@@H]3O[C@H](CO)[C@@H](O)[C@@]3(C)N)cnc12.Cc1ncnn2c([C@@H]3O[C@H](CO)[C@@H](O)[C@@]3(C)N=[N+]=[N-])cnc12. The van der Waals surface area contributed by atoms with Gasteiger partial charge in [-0.05, 0) is 146 Å². The molecule has 21 heterocycles. The van der Waals surface area contributed by atoms with Crippen LogP contribution in [-0.2, 0) is 38.8 Å². The molecule has 60 heteroatoms. The van der Waals surface area contributed by atoms with Gasteiger partial charge in [0.05, 0.1) is 185 Å². The molecule has 28 atom stereocenters. The quantitative estimate of drug-likeness (QED) is 0.0255. The predicted octanol–water partition coefficient (Wildman–Crippen LogP) is -2.46. The molecule has 14 aromatic heterocycles. The largest absolute Gasteiger partial charge is 0.397 e. The number of nitrogens with zero attached hydrogens (tertiary/aromatic N) is 30. The Morgan fingerprint density at radius 2 is 0.682 bits per heavy atom. The summed E-state index contributed by atoms with van der Waals surface area (Å²) in [7, 11) is 0. The number of aromatic nitrogens is 20. The fourth-order valence-corrected chi connectivity index (χ4v) is 19.4. The number of fused-ring (bicyclic) bond motifs is 7. The number of imidazole rings is 2. The van der Waals surface area contributed by atoms with Gasteiger partial charge in [0.15, 0.2) is 22.6 Å². The molecule has 14 aromatic rings. The van der Waals surface area contributed by atoms with E-state index in [1.807, 2.05) is 19.1 Å². The van der Waals surface area contributed by atoms with E-state index in [4.69, 9.17) is 101 Å². The van der Waals surface area contributed by atoms with Crippen LogP contribution in [0.15, 0.2) is 150 Å². The van der Waals surface area contributed by atoms with E-state index in [1.165, 1.54) is 56.2 Å². The van der Waals surface area contributed by atoms with Crippen molar-refractivity contribution in [2.24, 2.45) is 38.3 Å². The summed E-state index contributed by atoms with van der Waals surface area (Å²) >= 11 is 0. The lowest BCUT2D eigenvalue weighted by Crippen LogP contribution is -2.59. The van der Waals surface area contributed by atoms with Crippen LogP contribution in [0, 0.1) is 25.2 Å². The number of aliphatic hydroxyl groups is 14. The van der Waals surface area contributed by atoms with Gasteiger partial charge in [0.25, 0.3) is 0 Å². The Morgan fingerprint density at radius 1 is 0.351 bits per heavy atom. The van der Waals surface area contributed by atoms with Gasteiger partial charge in [0, 0.05) is 56.8 Å². The van der Waals surface area contributed by atoms with Gasteiger partial charge < -0.3 is 156 Å². The van der Waals surface area contributed by atoms with Crippen molar-refractivity contribution >= 4 is 67.8 Å². The molecular weight excluding hydrogens is 1940 g/mol. The van der Waals surface area contributed by atoms with Crippen molar-refractivity contribution in [3.05, 3.63) is 217 Å². The Kier molecular flexibility index (Phi) is 30.8. The standard InChI is InChI=1S/C14H17N5O3.C13H16N6O3.C13H18N4O3.2C12H15N7O3.2C12H17N5O3/c1-13(17)12(21)10(6-20)22-14(13,7-15)11-3-2-9-8(16)4-5-18-19(9)11;1-13(17-18-15)11(21)10(6-20)22-12(13)9-3-2-8-7(14)4-5-16-19(8)9;1-13(15)11(19)10(6-18)20-12(13)9-3-2-8-7(14)4-5-16-17(8)9;1-6-11-14-3-7(19(11)16-5-15-6)10-12(2,17-18-13)9(21)8(4-20)22-10;1-12(17-18-14)9(21)7(5-20)22-10(12)6-4-16-19-8(13)2-3-15-11(6)19;1-6-11-14-3-7(17(11)16-5-15-6)10-12(2,13)9(19)8(4-18)20-10;1-12(14)9(19)7(5-18)20-10(12)6-4-16-17-8(13)2-3-15-11(6)17/h2-5,10,12,20-21H,6,16-17H2,1H3;2-5,10-12,20-21H,6,14H2,1H3;2-5,10-12,18-19H,6,14-15H2,1H3;3,5,8-10,20-21H,4H2,1-2H3;2-4,7,9-10,20-21H,5,13H2,1H3;3,5,8-10,18-19H,4,13H2,1-2H3;2-4,7,9-10,18-19H,5,13-14H2,1H3/t10-,12-,13-,14+;2*10-,11-,12+,13-;8-,9-,10+,12-;7-,9-,10+,12-;8-,9-,10+,12-;7-,9-,10+,12-/m1111111/s1. The summed E-state index contributed by atoms with van der Waals surface area (Å²) in [5.74, 6) is 0.830. The molecule has 21 rings (SSSR count). The molecule has 32 N–H and O–H groups in total. The summed E-state index contributed by atoms with van der Waals surface area (Å²) in [6.45, 7) is 12.4. The van der Waals surface area contributed by atoms with Gasteiger partial charge in [-0.2, -0.15) is 50.0 Å². The normalized spacial score (nSPS) is 32.9. The van der Waals surface area contributed by atoms with E-state index in [0.29, 0.717) is 108 Å². The van der Waals surface area contributed by atoms with Gasteiger partial charge in [0.1, 0.15) is 151 Å². The van der Waals surface area contributed by atoms with Crippen molar-refractivity contribution in [2.45, 2.75) is 229 Å². The average Bonchev–Trinajstić information content (AvgIpc) is 1.55. The van der Waals surface area contributed by atoms with Crippen molar-refractivity contribution in [1.82, 2.24) is 97.2 Å². The van der Waals surface area contributed by atoms with Gasteiger partial charge >= 0.3 is 0 Å². The summed E-state index contributed by atoms with van der Waals surface area (Å²) in [4.78, 5) is 33.5. The summed E-state index contributed by atoms with van der Waals surface area (Å²) in [6, 6.07) is 20.8. The maximum absolute atomic E-state index is 10.3. The van der Waals surface area contributed by atoms with E-state index in [0.717, 1.165) is 11.2 Å². The van der Waals surface area contributed by atoms with Gasteiger partial charge in [-0.1, -0.05) is 15.3 Å². The maximum Gasteiger partial charge on any atom is 0.217 e. The lowest BCUT2D eigenvalue weighted by molar-refractivity contribution is -0.0560. The van der Waals surface area contributed by atoms with Crippen LogP contribution in [0.4, 0.5) is 28.7 Å². The van der Waals surface area contributed by atoms with Gasteiger partial charge in [-0.15, -0.1) is 0 Å². The number of rotatable bonds is 17. The second-order valence-corrected chi connectivity index (χ2v) is 37.7. The molecular formula is C88H115N39O21. The number of anilines is 5. The average molecular weight is 2060 g/mol. The first-order valence-corrected chi connectivity index (χ1v) is 45.9. The van der Waals surface area contributed by atoms with Crippen LogP contribution in [0.5, 0.6) is 0 Å². The number of nitrogen functional groups attached to an aromatic ring is 5. The third-order valence-corrected chi connectivity index (χ3v) is 28.0. The number of hydrogen-bond acceptors (Lipinski definition) is 47. The molecule has 0 aromatic carbocycles. The zero-order valence-electron chi connectivity index (χ0n) is 80.9. The minimum absolute atomic E-state index is 0.288. The smallest absolute Gasteiger partial charge is 0.217 e. The summed E-state index contributed by atoms with van der Waals surface area (Å²) in [5, 5.41) is 187. The lowest BCUT2D eigenvalue weighted by Gasteiger charge is -2.34. The predicted molar refractivity (Wildman–Crippen MR) is 517 cm³/mol. The molecule has 148 heavy (non-hydrogen) atoms. The first kappa shape index (κ1) is 108. The first-order valence-electron chi connectivity index (χ1n) is 45.9. The molecule has 7 aliphatic heterocycles. The highest BCUT2D eigenvalue weighted by atomic mass is 16.6. The van der Waals surface area contributed by atoms with Crippen molar-refractivity contribution in [1.29, 1.82) is 5.26 Å². The fourth-order valence-electron chi connectivity index (χ4n) is 19.4. The molecule has 7 fully saturated rings. The molecule has 0 amide bonds. The first-order chi connectivity index (χ1) is 70.3. The number of nitriles is 1. The number of hydrogen-bond donors (Lipinski definition) is 23. The van der Waals surface area contributed by atoms with Crippen LogP contribution in [0.25, 0.3) is 70.5 Å². The monoisotopic (exact) mass is 2050 g/mol. The topological polar surface area (TPSA) is 951 Å². The number of aliphatic hydroxyl groups excluding tert-OH is 14. The summed E-state index contributed by atoms with van der Waals surface area (Å²) < 4.78 is 50.6. The maximum atomic E-state index is 10.3. The highest BCUT2D eigenvalue weighted by Crippen LogP contribution is 2.52. The number of aryl methyl sites for hydroxylation is 2. The second kappa shape index (κ2) is 42.2. The Balaban J connectivity index is 0.000000129. The van der Waals surface area contributed by atoms with E-state index >= 15 is 0 Å². The molecule has 0 aliphatic carbocycles. The molecule has 7 aliphatic rings. The highest BCUT2D eigenvalue weighted by Gasteiger charge is 2.65. The summed E-state index contributed by atoms with van der Waals surface area (Å²) in [6.07, 6.45) is -0.617. The van der Waals surface area contributed by atoms with Crippen LogP contribution < -0.4 is 51.6 Å². The van der Waals surface area contributed by atoms with E-state index in [9.17, 15) is 76.8 Å². The highest BCUT2D eigenvalue weighted by molar-refractivity contribution is 5.72. The second-order valence-electron chi connectivity index (χ2n) is 37.7. The Hall–Kier alpha value is -14.2. The van der Waals surface area contributed by atoms with Crippen LogP contribution >= 0.6 is 0 Å². The Bertz CT molecular complexity index is 6770.